The van der Waals surface area contributed by atoms with Crippen molar-refractivity contribution in [3.63, 3.8) is 0 Å². The molecule has 1 N–H and O–H groups in total. The Morgan fingerprint density at radius 1 is 1.08 bits per heavy atom. The molecule has 1 aromatic carbocycles. The number of morpholine rings is 1. The molecule has 4 rings (SSSR count). The van der Waals surface area contributed by atoms with Crippen molar-refractivity contribution in [3.05, 3.63) is 48.0 Å². The van der Waals surface area contributed by atoms with E-state index in [0.717, 1.165) is 38.7 Å². The van der Waals surface area contributed by atoms with E-state index < -0.39 is 0 Å². The van der Waals surface area contributed by atoms with E-state index >= 15 is 0 Å². The van der Waals surface area contributed by atoms with Gasteiger partial charge in [-0.3, -0.25) is 4.90 Å². The third-order valence-electron chi connectivity index (χ3n) is 4.14. The second kappa shape index (κ2) is 6.90. The molecule has 124 valence electrons. The number of aromatic nitrogens is 5. The second-order valence-corrected chi connectivity index (χ2v) is 5.77. The Balaban J connectivity index is 1.56. The molecule has 1 unspecified atom stereocenters. The number of benzene rings is 1. The quantitative estimate of drug-likeness (QED) is 0.749. The molecule has 0 aliphatic carbocycles. The Morgan fingerprint density at radius 3 is 2.75 bits per heavy atom. The fourth-order valence-electron chi connectivity index (χ4n) is 2.87. The fraction of sp³-hybridized carbons (Fsp3) is 0.375. The third-order valence-corrected chi connectivity index (χ3v) is 4.14. The standard InChI is InChI=1S/C16H19N7O/c1-2-4-13(5-3-1)14(12-22-8-10-24-11-9-22)17-15-6-7-16-18-20-21-23(16)19-15/h1-7,14H,8-12H2,(H,17,19). The first kappa shape index (κ1) is 15.0. The Morgan fingerprint density at radius 2 is 1.92 bits per heavy atom. The summed E-state index contributed by atoms with van der Waals surface area (Å²) in [5, 5.41) is 19.3. The molecule has 1 aliphatic rings. The number of hydrogen-bond donors (Lipinski definition) is 1. The first-order chi connectivity index (χ1) is 11.9. The highest BCUT2D eigenvalue weighted by Crippen LogP contribution is 2.20. The predicted octanol–water partition coefficient (Wildman–Crippen LogP) is 1.00. The van der Waals surface area contributed by atoms with Gasteiger partial charge in [-0.05, 0) is 28.1 Å². The number of fused-ring (bicyclic) bond motifs is 1. The van der Waals surface area contributed by atoms with Crippen LogP contribution in [0.15, 0.2) is 42.5 Å². The van der Waals surface area contributed by atoms with Crippen molar-refractivity contribution >= 4 is 11.5 Å². The zero-order chi connectivity index (χ0) is 16.2. The van der Waals surface area contributed by atoms with E-state index in [1.807, 2.05) is 18.2 Å². The third kappa shape index (κ3) is 3.34. The van der Waals surface area contributed by atoms with Crippen molar-refractivity contribution in [1.29, 1.82) is 0 Å². The van der Waals surface area contributed by atoms with E-state index in [2.05, 4.69) is 55.1 Å². The number of tetrazole rings is 1. The first-order valence-electron chi connectivity index (χ1n) is 8.05. The summed E-state index contributed by atoms with van der Waals surface area (Å²) in [7, 11) is 0. The molecule has 0 amide bonds. The Labute approximate surface area is 139 Å². The van der Waals surface area contributed by atoms with Crippen LogP contribution < -0.4 is 5.32 Å². The Kier molecular flexibility index (Phi) is 4.30. The molecule has 8 heteroatoms. The monoisotopic (exact) mass is 325 g/mol. The van der Waals surface area contributed by atoms with Gasteiger partial charge in [0.05, 0.1) is 19.3 Å². The number of nitrogens with one attached hydrogen (secondary N) is 1. The van der Waals surface area contributed by atoms with Gasteiger partial charge in [-0.1, -0.05) is 30.3 Å². The molecular formula is C16H19N7O. The maximum absolute atomic E-state index is 5.44. The van der Waals surface area contributed by atoms with Crippen LogP contribution >= 0.6 is 0 Å². The summed E-state index contributed by atoms with van der Waals surface area (Å²) in [6.07, 6.45) is 0. The molecule has 24 heavy (non-hydrogen) atoms. The van der Waals surface area contributed by atoms with Crippen molar-refractivity contribution in [3.8, 4) is 0 Å². The van der Waals surface area contributed by atoms with Gasteiger partial charge in [-0.15, -0.1) is 14.8 Å². The Bertz CT molecular complexity index is 785. The zero-order valence-corrected chi connectivity index (χ0v) is 13.2. The largest absolute Gasteiger partial charge is 0.379 e. The summed E-state index contributed by atoms with van der Waals surface area (Å²) in [5.41, 5.74) is 1.85. The van der Waals surface area contributed by atoms with Crippen LogP contribution in [0.1, 0.15) is 11.6 Å². The average Bonchev–Trinajstić information content (AvgIpc) is 3.11. The molecule has 0 radical (unpaired) electrons. The van der Waals surface area contributed by atoms with Gasteiger partial charge in [0, 0.05) is 19.6 Å². The number of nitrogens with zero attached hydrogens (tertiary/aromatic N) is 6. The summed E-state index contributed by atoms with van der Waals surface area (Å²) in [5.74, 6) is 0.747. The van der Waals surface area contributed by atoms with Crippen LogP contribution in [0, 0.1) is 0 Å². The molecule has 1 fully saturated rings. The minimum atomic E-state index is 0.130. The van der Waals surface area contributed by atoms with Gasteiger partial charge < -0.3 is 10.1 Å². The van der Waals surface area contributed by atoms with Crippen LogP contribution in [0.2, 0.25) is 0 Å². The van der Waals surface area contributed by atoms with E-state index in [9.17, 15) is 0 Å². The van der Waals surface area contributed by atoms with Gasteiger partial charge in [0.15, 0.2) is 5.65 Å². The van der Waals surface area contributed by atoms with Gasteiger partial charge in [-0.2, -0.15) is 0 Å². The summed E-state index contributed by atoms with van der Waals surface area (Å²) in [6.45, 7) is 4.37. The van der Waals surface area contributed by atoms with Gasteiger partial charge >= 0.3 is 0 Å². The molecule has 3 aromatic rings. The van der Waals surface area contributed by atoms with Crippen LogP contribution in [0.3, 0.4) is 0 Å². The molecule has 1 aliphatic heterocycles. The molecule has 0 spiro atoms. The molecule has 3 heterocycles. The maximum Gasteiger partial charge on any atom is 0.200 e. The highest BCUT2D eigenvalue weighted by atomic mass is 16.5. The van der Waals surface area contributed by atoms with E-state index in [-0.39, 0.29) is 6.04 Å². The lowest BCUT2D eigenvalue weighted by Gasteiger charge is -2.31. The SMILES string of the molecule is c1ccc(C(CN2CCOCC2)Nc2ccc3nnnn3n2)cc1. The van der Waals surface area contributed by atoms with E-state index in [4.69, 9.17) is 4.74 Å². The van der Waals surface area contributed by atoms with Crippen LogP contribution in [-0.4, -0.2) is 63.0 Å². The van der Waals surface area contributed by atoms with Gasteiger partial charge in [0.1, 0.15) is 5.82 Å². The highest BCUT2D eigenvalue weighted by molar-refractivity contribution is 5.44. The summed E-state index contributed by atoms with van der Waals surface area (Å²) in [4.78, 5) is 2.41. The Hall–Kier alpha value is -2.58. The first-order valence-corrected chi connectivity index (χ1v) is 8.05. The number of ether oxygens (including phenoxy) is 1. The van der Waals surface area contributed by atoms with Crippen LogP contribution in [-0.2, 0) is 4.74 Å². The van der Waals surface area contributed by atoms with E-state index in [0.29, 0.717) is 5.65 Å². The number of hydrogen-bond acceptors (Lipinski definition) is 7. The number of rotatable bonds is 5. The van der Waals surface area contributed by atoms with Crippen LogP contribution in [0.4, 0.5) is 5.82 Å². The molecule has 0 bridgehead atoms. The van der Waals surface area contributed by atoms with Crippen molar-refractivity contribution in [1.82, 2.24) is 30.2 Å². The minimum Gasteiger partial charge on any atom is -0.379 e. The van der Waals surface area contributed by atoms with Crippen molar-refractivity contribution in [2.24, 2.45) is 0 Å². The topological polar surface area (TPSA) is 80.5 Å². The van der Waals surface area contributed by atoms with Gasteiger partial charge in [0.2, 0.25) is 0 Å². The average molecular weight is 325 g/mol. The van der Waals surface area contributed by atoms with Crippen molar-refractivity contribution in [2.45, 2.75) is 6.04 Å². The molecule has 8 nitrogen and oxygen atoms in total. The molecule has 1 saturated heterocycles. The zero-order valence-electron chi connectivity index (χ0n) is 13.2. The number of anilines is 1. The lowest BCUT2D eigenvalue weighted by Crippen LogP contribution is -2.40. The second-order valence-electron chi connectivity index (χ2n) is 5.77. The molecule has 2 aromatic heterocycles. The normalized spacial score (nSPS) is 17.0. The predicted molar refractivity (Wildman–Crippen MR) is 88.6 cm³/mol. The van der Waals surface area contributed by atoms with E-state index in [1.165, 1.54) is 10.2 Å². The summed E-state index contributed by atoms with van der Waals surface area (Å²) >= 11 is 0. The van der Waals surface area contributed by atoms with Crippen LogP contribution in [0.25, 0.3) is 5.65 Å². The lowest BCUT2D eigenvalue weighted by atomic mass is 10.1. The van der Waals surface area contributed by atoms with Gasteiger partial charge in [-0.25, -0.2) is 0 Å². The van der Waals surface area contributed by atoms with Gasteiger partial charge in [0.25, 0.3) is 0 Å². The maximum atomic E-state index is 5.44. The van der Waals surface area contributed by atoms with E-state index in [1.54, 1.807) is 0 Å². The summed E-state index contributed by atoms with van der Waals surface area (Å²) < 4.78 is 6.87. The summed E-state index contributed by atoms with van der Waals surface area (Å²) in [6, 6.07) is 14.3. The molecular weight excluding hydrogens is 306 g/mol. The molecule has 0 saturated carbocycles. The highest BCUT2D eigenvalue weighted by Gasteiger charge is 2.19. The van der Waals surface area contributed by atoms with Crippen molar-refractivity contribution in [2.75, 3.05) is 38.2 Å². The smallest absolute Gasteiger partial charge is 0.200 e. The molecule has 1 atom stereocenters. The van der Waals surface area contributed by atoms with Crippen LogP contribution in [0.5, 0.6) is 0 Å². The minimum absolute atomic E-state index is 0.130. The fourth-order valence-corrected chi connectivity index (χ4v) is 2.87. The lowest BCUT2D eigenvalue weighted by molar-refractivity contribution is 0.0360. The van der Waals surface area contributed by atoms with Crippen molar-refractivity contribution < 1.29 is 4.74 Å².